The minimum Gasteiger partial charge on any atom is -0.348 e. The van der Waals surface area contributed by atoms with Crippen molar-refractivity contribution in [3.8, 4) is 0 Å². The predicted molar refractivity (Wildman–Crippen MR) is 84.4 cm³/mol. The highest BCUT2D eigenvalue weighted by atomic mass is 32.2. The van der Waals surface area contributed by atoms with Gasteiger partial charge in [0.05, 0.1) is 24.0 Å². The number of sulfone groups is 1. The van der Waals surface area contributed by atoms with Gasteiger partial charge >= 0.3 is 0 Å². The molecular formula is C14H21N5O4S. The van der Waals surface area contributed by atoms with Crippen LogP contribution in [0.1, 0.15) is 25.6 Å². The van der Waals surface area contributed by atoms with Crippen LogP contribution in [0.25, 0.3) is 0 Å². The van der Waals surface area contributed by atoms with Gasteiger partial charge in [-0.3, -0.25) is 9.59 Å². The first-order chi connectivity index (χ1) is 11.4. The number of nitrogens with one attached hydrogen (secondary N) is 1. The van der Waals surface area contributed by atoms with Crippen LogP contribution in [0.5, 0.6) is 0 Å². The summed E-state index contributed by atoms with van der Waals surface area (Å²) < 4.78 is 25.0. The fourth-order valence-electron chi connectivity index (χ4n) is 3.27. The summed E-state index contributed by atoms with van der Waals surface area (Å²) in [6.07, 6.45) is 2.19. The quantitative estimate of drug-likeness (QED) is 0.721. The standard InChI is InChI=1S/C14H21N5O4S/c1-2-18-9-16-17-12(18)6-15-14(21)10-5-13(20)19(7-10)11-3-4-24(22,23)8-11/h9-11H,2-8H2,1H3,(H,15,21)/t10-,11-/m0/s1. The molecule has 10 heteroatoms. The van der Waals surface area contributed by atoms with Gasteiger partial charge < -0.3 is 14.8 Å². The van der Waals surface area contributed by atoms with E-state index in [1.54, 1.807) is 11.2 Å². The first-order valence-electron chi connectivity index (χ1n) is 8.04. The highest BCUT2D eigenvalue weighted by Gasteiger charge is 2.41. The Kier molecular flexibility index (Phi) is 4.57. The van der Waals surface area contributed by atoms with Gasteiger partial charge in [0.1, 0.15) is 6.33 Å². The number of carbonyl (C=O) groups excluding carboxylic acids is 2. The topological polar surface area (TPSA) is 114 Å². The van der Waals surface area contributed by atoms with E-state index in [-0.39, 0.29) is 48.9 Å². The molecule has 2 amide bonds. The van der Waals surface area contributed by atoms with Gasteiger partial charge in [0.2, 0.25) is 11.8 Å². The van der Waals surface area contributed by atoms with Crippen LogP contribution in [-0.2, 0) is 32.5 Å². The molecule has 1 N–H and O–H groups in total. The molecule has 1 aromatic heterocycles. The smallest absolute Gasteiger partial charge is 0.225 e. The Morgan fingerprint density at radius 2 is 2.25 bits per heavy atom. The predicted octanol–water partition coefficient (Wildman–Crippen LogP) is -1.05. The highest BCUT2D eigenvalue weighted by molar-refractivity contribution is 7.91. The van der Waals surface area contributed by atoms with Gasteiger partial charge in [0.15, 0.2) is 15.7 Å². The van der Waals surface area contributed by atoms with Crippen LogP contribution >= 0.6 is 0 Å². The second kappa shape index (κ2) is 6.50. The molecule has 0 radical (unpaired) electrons. The van der Waals surface area contributed by atoms with E-state index in [2.05, 4.69) is 15.5 Å². The fraction of sp³-hybridized carbons (Fsp3) is 0.714. The SMILES string of the molecule is CCn1cnnc1CNC(=O)[C@H]1CC(=O)N([C@H]2CCS(=O)(=O)C2)C1. The molecule has 2 fully saturated rings. The third kappa shape index (κ3) is 3.42. The lowest BCUT2D eigenvalue weighted by Crippen LogP contribution is -2.39. The van der Waals surface area contributed by atoms with Crippen molar-refractivity contribution in [2.24, 2.45) is 5.92 Å². The third-order valence-corrected chi connectivity index (χ3v) is 6.39. The Labute approximate surface area is 140 Å². The third-order valence-electron chi connectivity index (χ3n) is 4.64. The first kappa shape index (κ1) is 16.9. The molecular weight excluding hydrogens is 334 g/mol. The molecule has 132 valence electrons. The lowest BCUT2D eigenvalue weighted by Gasteiger charge is -2.22. The van der Waals surface area contributed by atoms with Crippen molar-refractivity contribution in [3.05, 3.63) is 12.2 Å². The maximum Gasteiger partial charge on any atom is 0.225 e. The molecule has 2 aliphatic heterocycles. The van der Waals surface area contributed by atoms with Gasteiger partial charge in [-0.05, 0) is 13.3 Å². The Morgan fingerprint density at radius 1 is 1.46 bits per heavy atom. The minimum absolute atomic E-state index is 0.00663. The number of carbonyl (C=O) groups is 2. The van der Waals surface area contributed by atoms with E-state index in [1.807, 2.05) is 11.5 Å². The summed E-state index contributed by atoms with van der Waals surface area (Å²) in [4.78, 5) is 26.0. The molecule has 2 saturated heterocycles. The van der Waals surface area contributed by atoms with Crippen molar-refractivity contribution in [1.82, 2.24) is 25.0 Å². The minimum atomic E-state index is -3.05. The average molecular weight is 355 g/mol. The summed E-state index contributed by atoms with van der Waals surface area (Å²) in [6, 6.07) is -0.288. The molecule has 1 aromatic rings. The summed E-state index contributed by atoms with van der Waals surface area (Å²) in [7, 11) is -3.05. The van der Waals surface area contributed by atoms with Crippen molar-refractivity contribution in [2.75, 3.05) is 18.1 Å². The number of hydrogen-bond acceptors (Lipinski definition) is 6. The molecule has 9 nitrogen and oxygen atoms in total. The summed E-state index contributed by atoms with van der Waals surface area (Å²) in [5.41, 5.74) is 0. The van der Waals surface area contributed by atoms with Crippen molar-refractivity contribution in [2.45, 2.75) is 38.9 Å². The lowest BCUT2D eigenvalue weighted by atomic mass is 10.1. The lowest BCUT2D eigenvalue weighted by molar-refractivity contribution is -0.130. The van der Waals surface area contributed by atoms with Crippen LogP contribution in [0.15, 0.2) is 6.33 Å². The number of rotatable bonds is 5. The molecule has 0 unspecified atom stereocenters. The second-order valence-corrected chi connectivity index (χ2v) is 8.48. The van der Waals surface area contributed by atoms with E-state index < -0.39 is 15.8 Å². The zero-order chi connectivity index (χ0) is 17.3. The van der Waals surface area contributed by atoms with Crippen LogP contribution in [-0.4, -0.2) is 64.0 Å². The Balaban J connectivity index is 1.56. The molecule has 0 bridgehead atoms. The van der Waals surface area contributed by atoms with E-state index in [0.29, 0.717) is 18.8 Å². The van der Waals surface area contributed by atoms with Gasteiger partial charge in [-0.2, -0.15) is 0 Å². The Morgan fingerprint density at radius 3 is 2.92 bits per heavy atom. The maximum absolute atomic E-state index is 12.3. The number of nitrogens with zero attached hydrogens (tertiary/aromatic N) is 4. The van der Waals surface area contributed by atoms with Crippen molar-refractivity contribution >= 4 is 21.7 Å². The number of hydrogen-bond donors (Lipinski definition) is 1. The van der Waals surface area contributed by atoms with Crippen molar-refractivity contribution in [3.63, 3.8) is 0 Å². The molecule has 3 rings (SSSR count). The number of amides is 2. The zero-order valence-corrected chi connectivity index (χ0v) is 14.3. The highest BCUT2D eigenvalue weighted by Crippen LogP contribution is 2.26. The fourth-order valence-corrected chi connectivity index (χ4v) is 5.00. The number of aryl methyl sites for hydroxylation is 1. The Bertz CT molecular complexity index is 744. The van der Waals surface area contributed by atoms with Gasteiger partial charge in [-0.25, -0.2) is 8.42 Å². The van der Waals surface area contributed by atoms with Crippen LogP contribution in [0.2, 0.25) is 0 Å². The molecule has 0 spiro atoms. The molecule has 0 aliphatic carbocycles. The van der Waals surface area contributed by atoms with Crippen molar-refractivity contribution < 1.29 is 18.0 Å². The summed E-state index contributed by atoms with van der Waals surface area (Å²) >= 11 is 0. The average Bonchev–Trinajstić information content (AvgIpc) is 3.22. The van der Waals surface area contributed by atoms with Gasteiger partial charge in [0.25, 0.3) is 0 Å². The molecule has 2 atom stereocenters. The first-order valence-corrected chi connectivity index (χ1v) is 9.86. The monoisotopic (exact) mass is 355 g/mol. The summed E-state index contributed by atoms with van der Waals surface area (Å²) in [6.45, 7) is 3.21. The van der Waals surface area contributed by atoms with Gasteiger partial charge in [-0.1, -0.05) is 0 Å². The normalized spacial score (nSPS) is 26.0. The molecule has 0 saturated carbocycles. The van der Waals surface area contributed by atoms with Crippen LogP contribution < -0.4 is 5.32 Å². The van der Waals surface area contributed by atoms with Crippen LogP contribution in [0.3, 0.4) is 0 Å². The van der Waals surface area contributed by atoms with Crippen LogP contribution in [0.4, 0.5) is 0 Å². The number of aromatic nitrogens is 3. The van der Waals surface area contributed by atoms with Crippen molar-refractivity contribution in [1.29, 1.82) is 0 Å². The molecule has 0 aromatic carbocycles. The van der Waals surface area contributed by atoms with Crippen LogP contribution in [0, 0.1) is 5.92 Å². The van der Waals surface area contributed by atoms with E-state index in [1.165, 1.54) is 0 Å². The van der Waals surface area contributed by atoms with Gasteiger partial charge in [0, 0.05) is 25.6 Å². The van der Waals surface area contributed by atoms with E-state index in [0.717, 1.165) is 0 Å². The van der Waals surface area contributed by atoms with E-state index in [4.69, 9.17) is 0 Å². The Hall–Kier alpha value is -1.97. The zero-order valence-electron chi connectivity index (χ0n) is 13.5. The largest absolute Gasteiger partial charge is 0.348 e. The molecule has 3 heterocycles. The summed E-state index contributed by atoms with van der Waals surface area (Å²) in [5.74, 6) is -0.0171. The molecule has 24 heavy (non-hydrogen) atoms. The molecule has 2 aliphatic rings. The van der Waals surface area contributed by atoms with Gasteiger partial charge in [-0.15, -0.1) is 10.2 Å². The number of likely N-dealkylation sites (tertiary alicyclic amines) is 1. The maximum atomic E-state index is 12.3. The second-order valence-electron chi connectivity index (χ2n) is 6.25. The summed E-state index contributed by atoms with van der Waals surface area (Å²) in [5, 5.41) is 10.5. The van der Waals surface area contributed by atoms with E-state index >= 15 is 0 Å². The van der Waals surface area contributed by atoms with E-state index in [9.17, 15) is 18.0 Å².